The van der Waals surface area contributed by atoms with Gasteiger partial charge in [-0.3, -0.25) is 4.68 Å². The molecule has 0 amide bonds. The number of aromatic nitrogens is 3. The van der Waals surface area contributed by atoms with Crippen LogP contribution in [0.5, 0.6) is 0 Å². The minimum absolute atomic E-state index is 0.0867. The summed E-state index contributed by atoms with van der Waals surface area (Å²) in [5.41, 5.74) is 2.93. The molecule has 0 fully saturated rings. The average Bonchev–Trinajstić information content (AvgIpc) is 2.92. The van der Waals surface area contributed by atoms with E-state index in [0.717, 1.165) is 16.6 Å². The Morgan fingerprint density at radius 3 is 1.82 bits per heavy atom. The van der Waals surface area contributed by atoms with Crippen LogP contribution < -0.4 is 5.45 Å². The van der Waals surface area contributed by atoms with E-state index < -0.39 is 9.52 Å². The van der Waals surface area contributed by atoms with Gasteiger partial charge in [0.25, 0.3) is 0 Å². The first-order chi connectivity index (χ1) is 10.6. The summed E-state index contributed by atoms with van der Waals surface area (Å²) < 4.78 is 28.0. The van der Waals surface area contributed by atoms with E-state index in [4.69, 9.17) is 0 Å². The predicted octanol–water partition coefficient (Wildman–Crippen LogP) is 1.68. The van der Waals surface area contributed by atoms with Crippen molar-refractivity contribution in [3.05, 3.63) is 77.6 Å². The third-order valence-corrected chi connectivity index (χ3v) is 5.62. The van der Waals surface area contributed by atoms with Crippen LogP contribution in [-0.2, 0) is 7.05 Å². The molecule has 6 heteroatoms. The van der Waals surface area contributed by atoms with Crippen molar-refractivity contribution in [2.75, 3.05) is 0 Å². The van der Waals surface area contributed by atoms with Crippen molar-refractivity contribution in [2.24, 2.45) is 7.05 Å². The Kier molecular flexibility index (Phi) is 4.10. The van der Waals surface area contributed by atoms with Crippen molar-refractivity contribution in [3.63, 3.8) is 0 Å². The van der Waals surface area contributed by atoms with Crippen LogP contribution >= 0.6 is 0 Å². The van der Waals surface area contributed by atoms with Crippen LogP contribution in [-0.4, -0.2) is 24.3 Å². The summed E-state index contributed by atoms with van der Waals surface area (Å²) in [6.07, 6.45) is 1.68. The van der Waals surface area contributed by atoms with Crippen LogP contribution in [0.3, 0.4) is 0 Å². The van der Waals surface area contributed by atoms with Gasteiger partial charge in [-0.1, -0.05) is 24.3 Å². The van der Waals surface area contributed by atoms with Gasteiger partial charge >= 0.3 is 0 Å². The number of aryl methyl sites for hydroxylation is 1. The van der Waals surface area contributed by atoms with E-state index in [1.807, 2.05) is 7.05 Å². The lowest BCUT2D eigenvalue weighted by molar-refractivity contribution is 0.626. The first-order valence-corrected chi connectivity index (χ1v) is 8.49. The fourth-order valence-corrected chi connectivity index (χ4v) is 4.35. The topological polar surface area (TPSA) is 30.7 Å². The van der Waals surface area contributed by atoms with Crippen LogP contribution in [0.2, 0.25) is 0 Å². The Labute approximate surface area is 129 Å². The highest BCUT2D eigenvalue weighted by Gasteiger charge is 2.18. The van der Waals surface area contributed by atoms with Gasteiger partial charge in [-0.15, -0.1) is 0 Å². The predicted molar refractivity (Wildman–Crippen MR) is 83.8 cm³/mol. The second-order valence-electron chi connectivity index (χ2n) is 5.19. The molecule has 0 aliphatic rings. The van der Waals surface area contributed by atoms with E-state index in [2.05, 4.69) is 10.1 Å². The molecule has 3 nitrogen and oxygen atoms in total. The van der Waals surface area contributed by atoms with E-state index in [1.165, 1.54) is 24.3 Å². The summed E-state index contributed by atoms with van der Waals surface area (Å²) in [4.78, 5) is 4.31. The summed E-state index contributed by atoms with van der Waals surface area (Å²) in [5, 5.41) is 4.36. The largest absolute Gasteiger partial charge is 0.256 e. The normalized spacial score (nSPS) is 11.6. The van der Waals surface area contributed by atoms with Crippen LogP contribution in [0.4, 0.5) is 8.78 Å². The minimum atomic E-state index is -0.886. The van der Waals surface area contributed by atoms with Crippen LogP contribution in [0, 0.1) is 11.6 Å². The van der Waals surface area contributed by atoms with Crippen molar-refractivity contribution in [3.8, 4) is 0 Å². The number of hydrogen-bond donors (Lipinski definition) is 0. The monoisotopic (exact) mass is 315 g/mol. The van der Waals surface area contributed by atoms with Gasteiger partial charge in [-0.25, -0.2) is 13.8 Å². The quantitative estimate of drug-likeness (QED) is 0.686. The fourth-order valence-electron chi connectivity index (χ4n) is 2.48. The van der Waals surface area contributed by atoms with Crippen LogP contribution in [0.25, 0.3) is 0 Å². The van der Waals surface area contributed by atoms with Crippen LogP contribution in [0.15, 0.2) is 54.9 Å². The summed E-state index contributed by atoms with van der Waals surface area (Å²) in [6, 6.07) is 12.9. The lowest BCUT2D eigenvalue weighted by Gasteiger charge is -2.16. The highest BCUT2D eigenvalue weighted by molar-refractivity contribution is 6.53. The zero-order chi connectivity index (χ0) is 15.5. The smallest absolute Gasteiger partial charge is 0.123 e. The first kappa shape index (κ1) is 14.6. The van der Waals surface area contributed by atoms with Gasteiger partial charge in [0, 0.05) is 12.6 Å². The Morgan fingerprint density at radius 2 is 1.41 bits per heavy atom. The Hall–Kier alpha value is -2.34. The first-order valence-electron chi connectivity index (χ1n) is 6.97. The molecule has 1 aromatic heterocycles. The molecule has 3 rings (SSSR count). The van der Waals surface area contributed by atoms with Crippen LogP contribution in [0.1, 0.15) is 16.7 Å². The van der Waals surface area contributed by atoms with Crippen molar-refractivity contribution in [2.45, 2.75) is 5.54 Å². The number of rotatable bonds is 4. The molecular weight excluding hydrogens is 300 g/mol. The van der Waals surface area contributed by atoms with Gasteiger partial charge in [-0.05, 0) is 35.4 Å². The number of hydrogen-bond acceptors (Lipinski definition) is 2. The van der Waals surface area contributed by atoms with Gasteiger partial charge in [0.05, 0.1) is 0 Å². The molecule has 112 valence electrons. The molecule has 0 atom stereocenters. The zero-order valence-electron chi connectivity index (χ0n) is 12.1. The van der Waals surface area contributed by atoms with E-state index in [0.29, 0.717) is 0 Å². The van der Waals surface area contributed by atoms with Gasteiger partial charge in [0.2, 0.25) is 0 Å². The molecule has 2 aromatic carbocycles. The molecular formula is C16H15F2N3Si. The van der Waals surface area contributed by atoms with E-state index in [-0.39, 0.29) is 17.2 Å². The van der Waals surface area contributed by atoms with Gasteiger partial charge < -0.3 is 0 Å². The minimum Gasteiger partial charge on any atom is -0.256 e. The third kappa shape index (κ3) is 3.28. The summed E-state index contributed by atoms with van der Waals surface area (Å²) in [7, 11) is 0.943. The van der Waals surface area contributed by atoms with Gasteiger partial charge in [0.15, 0.2) is 0 Å². The molecule has 0 radical (unpaired) electrons. The summed E-state index contributed by atoms with van der Waals surface area (Å²) in [5.74, 6) is -0.529. The standard InChI is InChI=1S/C16H15F2N3Si/c1-21-10-19-16(20-21)22-15(11-2-6-13(17)7-3-11)12-4-8-14(18)9-5-12/h2-10,15H,22H2,1H3. The molecule has 0 bridgehead atoms. The Bertz CT molecular complexity index is 708. The van der Waals surface area contributed by atoms with Crippen molar-refractivity contribution in [1.29, 1.82) is 0 Å². The highest BCUT2D eigenvalue weighted by atomic mass is 28.2. The second kappa shape index (κ2) is 6.19. The molecule has 22 heavy (non-hydrogen) atoms. The van der Waals surface area contributed by atoms with E-state index in [1.54, 1.807) is 35.3 Å². The van der Waals surface area contributed by atoms with Gasteiger partial charge in [-0.2, -0.15) is 5.10 Å². The zero-order valence-corrected chi connectivity index (χ0v) is 13.5. The average molecular weight is 315 g/mol. The molecule has 0 spiro atoms. The van der Waals surface area contributed by atoms with Crippen molar-refractivity contribution >= 4 is 15.0 Å². The molecule has 0 saturated carbocycles. The fraction of sp³-hybridized carbons (Fsp3) is 0.125. The molecule has 3 aromatic rings. The Balaban J connectivity index is 1.97. The lowest BCUT2D eigenvalue weighted by Crippen LogP contribution is -2.27. The Morgan fingerprint density at radius 1 is 0.909 bits per heavy atom. The summed E-state index contributed by atoms with van der Waals surface area (Å²) in [6.45, 7) is 0. The number of nitrogens with zero attached hydrogens (tertiary/aromatic N) is 3. The maximum absolute atomic E-state index is 13.2. The molecule has 0 saturated heterocycles. The molecule has 0 aliphatic heterocycles. The molecule has 0 unspecified atom stereocenters. The van der Waals surface area contributed by atoms with E-state index in [9.17, 15) is 8.78 Å². The maximum atomic E-state index is 13.2. The SMILES string of the molecule is Cn1cnc([SiH2]C(c2ccc(F)cc2)c2ccc(F)cc2)n1. The van der Waals surface area contributed by atoms with E-state index >= 15 is 0 Å². The second-order valence-corrected chi connectivity index (χ2v) is 7.05. The molecule has 0 N–H and O–H groups in total. The number of halogens is 2. The number of benzene rings is 2. The van der Waals surface area contributed by atoms with Gasteiger partial charge in [0.1, 0.15) is 32.9 Å². The third-order valence-electron chi connectivity index (χ3n) is 3.58. The van der Waals surface area contributed by atoms with Crippen molar-refractivity contribution < 1.29 is 8.78 Å². The lowest BCUT2D eigenvalue weighted by atomic mass is 10.0. The highest BCUT2D eigenvalue weighted by Crippen LogP contribution is 2.23. The van der Waals surface area contributed by atoms with Crippen molar-refractivity contribution in [1.82, 2.24) is 14.8 Å². The summed E-state index contributed by atoms with van der Waals surface area (Å²) >= 11 is 0. The molecule has 1 heterocycles. The molecule has 0 aliphatic carbocycles. The maximum Gasteiger partial charge on any atom is 0.123 e.